The number of halogens is 3. The van der Waals surface area contributed by atoms with Crippen LogP contribution in [-0.4, -0.2) is 43.4 Å². The number of carbonyl (C=O) groups is 1. The second-order valence-corrected chi connectivity index (χ2v) is 12.4. The van der Waals surface area contributed by atoms with Crippen molar-refractivity contribution in [3.63, 3.8) is 0 Å². The maximum atomic E-state index is 12.8. The molecule has 1 saturated heterocycles. The summed E-state index contributed by atoms with van der Waals surface area (Å²) in [5.41, 5.74) is -0.958. The van der Waals surface area contributed by atoms with Gasteiger partial charge in [-0.2, -0.15) is 17.5 Å². The number of rotatable bonds is 4. The van der Waals surface area contributed by atoms with Crippen LogP contribution in [0.5, 0.6) is 0 Å². The summed E-state index contributed by atoms with van der Waals surface area (Å²) in [6, 6.07) is 3.29. The van der Waals surface area contributed by atoms with Gasteiger partial charge < -0.3 is 10.6 Å². The summed E-state index contributed by atoms with van der Waals surface area (Å²) < 4.78 is 65.2. The molecule has 4 saturated carbocycles. The van der Waals surface area contributed by atoms with E-state index < -0.39 is 21.8 Å². The summed E-state index contributed by atoms with van der Waals surface area (Å²) in [5.74, 6) is 2.19. The number of sulfonamides is 1. The number of nitrogens with zero attached hydrogens (tertiary/aromatic N) is 1. The van der Waals surface area contributed by atoms with E-state index in [9.17, 15) is 26.4 Å². The molecule has 5 fully saturated rings. The van der Waals surface area contributed by atoms with Crippen molar-refractivity contribution in [3.8, 4) is 0 Å². The van der Waals surface area contributed by atoms with Crippen molar-refractivity contribution in [2.45, 2.75) is 74.0 Å². The smallest absolute Gasteiger partial charge is 0.335 e. The zero-order chi connectivity index (χ0) is 23.4. The van der Waals surface area contributed by atoms with E-state index in [0.29, 0.717) is 12.8 Å². The lowest BCUT2D eigenvalue weighted by Gasteiger charge is -2.56. The third-order valence-corrected chi connectivity index (χ3v) is 9.94. The van der Waals surface area contributed by atoms with Crippen LogP contribution in [0.2, 0.25) is 0 Å². The minimum atomic E-state index is -4.51. The minimum absolute atomic E-state index is 0.0779. The molecule has 4 aliphatic carbocycles. The third kappa shape index (κ3) is 4.60. The van der Waals surface area contributed by atoms with E-state index in [4.69, 9.17) is 0 Å². The Balaban J connectivity index is 1.15. The first kappa shape index (κ1) is 23.0. The molecule has 2 amide bonds. The largest absolute Gasteiger partial charge is 0.416 e. The molecular formula is C23H30F3N3O3S. The molecule has 0 aromatic heterocycles. The van der Waals surface area contributed by atoms with Crippen LogP contribution in [0.4, 0.5) is 18.0 Å². The van der Waals surface area contributed by atoms with E-state index in [1.165, 1.54) is 23.6 Å². The Morgan fingerprint density at radius 3 is 1.94 bits per heavy atom. The molecule has 1 heterocycles. The molecule has 33 heavy (non-hydrogen) atoms. The topological polar surface area (TPSA) is 78.5 Å². The quantitative estimate of drug-likeness (QED) is 0.673. The number of alkyl halides is 3. The van der Waals surface area contributed by atoms with Gasteiger partial charge in [-0.15, -0.1) is 0 Å². The van der Waals surface area contributed by atoms with Crippen LogP contribution in [0.1, 0.15) is 56.9 Å². The molecule has 0 radical (unpaired) electrons. The first-order valence-corrected chi connectivity index (χ1v) is 13.2. The zero-order valence-corrected chi connectivity index (χ0v) is 19.2. The maximum Gasteiger partial charge on any atom is 0.416 e. The number of urea groups is 1. The Kier molecular flexibility index (Phi) is 5.67. The molecule has 2 N–H and O–H groups in total. The van der Waals surface area contributed by atoms with E-state index >= 15 is 0 Å². The summed E-state index contributed by atoms with van der Waals surface area (Å²) in [4.78, 5) is 12.6. The van der Waals surface area contributed by atoms with Gasteiger partial charge in [-0.05, 0) is 93.4 Å². The minimum Gasteiger partial charge on any atom is -0.335 e. The predicted octanol–water partition coefficient (Wildman–Crippen LogP) is 4.13. The molecule has 0 spiro atoms. The number of nitrogens with one attached hydrogen (secondary N) is 2. The van der Waals surface area contributed by atoms with Gasteiger partial charge in [0.05, 0.1) is 10.5 Å². The normalized spacial score (nSPS) is 32.6. The monoisotopic (exact) mass is 485 g/mol. The van der Waals surface area contributed by atoms with E-state index in [0.717, 1.165) is 61.3 Å². The van der Waals surface area contributed by atoms with Gasteiger partial charge in [0.25, 0.3) is 0 Å². The highest BCUT2D eigenvalue weighted by molar-refractivity contribution is 7.89. The summed E-state index contributed by atoms with van der Waals surface area (Å²) >= 11 is 0. The first-order valence-electron chi connectivity index (χ1n) is 11.8. The number of amides is 2. The highest BCUT2D eigenvalue weighted by Gasteiger charge is 2.51. The van der Waals surface area contributed by atoms with Crippen molar-refractivity contribution in [1.29, 1.82) is 0 Å². The number of hydrogen-bond donors (Lipinski definition) is 2. The molecular weight excluding hydrogens is 455 g/mol. The van der Waals surface area contributed by atoms with E-state index in [1.54, 1.807) is 0 Å². The van der Waals surface area contributed by atoms with Crippen LogP contribution >= 0.6 is 0 Å². The van der Waals surface area contributed by atoms with Gasteiger partial charge in [0.15, 0.2) is 0 Å². The van der Waals surface area contributed by atoms with Crippen molar-refractivity contribution in [2.24, 2.45) is 17.8 Å². The van der Waals surface area contributed by atoms with Gasteiger partial charge in [-0.1, -0.05) is 0 Å². The second kappa shape index (κ2) is 8.15. The number of carbonyl (C=O) groups excluding carboxylic acids is 1. The molecule has 1 aliphatic heterocycles. The highest BCUT2D eigenvalue weighted by atomic mass is 32.2. The van der Waals surface area contributed by atoms with Crippen LogP contribution in [0, 0.1) is 17.8 Å². The highest BCUT2D eigenvalue weighted by Crippen LogP contribution is 2.55. The molecule has 6 rings (SSSR count). The zero-order valence-electron chi connectivity index (χ0n) is 18.4. The number of hydrogen-bond acceptors (Lipinski definition) is 3. The van der Waals surface area contributed by atoms with Crippen LogP contribution in [0.25, 0.3) is 0 Å². The average Bonchev–Trinajstić information content (AvgIpc) is 2.72. The van der Waals surface area contributed by atoms with Gasteiger partial charge in [0, 0.05) is 24.7 Å². The van der Waals surface area contributed by atoms with E-state index in [2.05, 4.69) is 10.6 Å². The summed E-state index contributed by atoms with van der Waals surface area (Å²) in [7, 11) is -3.87. The molecule has 10 heteroatoms. The van der Waals surface area contributed by atoms with Gasteiger partial charge in [-0.25, -0.2) is 13.2 Å². The predicted molar refractivity (Wildman–Crippen MR) is 116 cm³/mol. The molecule has 1 aromatic carbocycles. The maximum absolute atomic E-state index is 12.8. The van der Waals surface area contributed by atoms with E-state index in [1.807, 2.05) is 0 Å². The average molecular weight is 486 g/mol. The molecule has 6 nitrogen and oxygen atoms in total. The van der Waals surface area contributed by atoms with Crippen molar-refractivity contribution < 1.29 is 26.4 Å². The molecule has 4 bridgehead atoms. The SMILES string of the molecule is O=C(NC1CCN(S(=O)(=O)c2ccc(C(F)(F)F)cc2)CC1)NC12CC3CC(CC(C3)C1)C2. The first-order chi connectivity index (χ1) is 15.5. The lowest BCUT2D eigenvalue weighted by atomic mass is 9.53. The van der Waals surface area contributed by atoms with Gasteiger partial charge in [0.1, 0.15) is 0 Å². The van der Waals surface area contributed by atoms with Crippen LogP contribution in [-0.2, 0) is 16.2 Å². The molecule has 182 valence electrons. The fourth-order valence-corrected chi connectivity index (χ4v) is 8.40. The standard InChI is InChI=1S/C23H30F3N3O3S/c24-23(25,26)18-1-3-20(4-2-18)33(31,32)29-7-5-19(6-8-29)27-21(30)28-22-12-15-9-16(13-22)11-17(10-15)14-22/h1-4,15-17,19H,5-14H2,(H2,27,28,30). The lowest BCUT2D eigenvalue weighted by Crippen LogP contribution is -2.62. The van der Waals surface area contributed by atoms with Crippen LogP contribution < -0.4 is 10.6 Å². The Morgan fingerprint density at radius 1 is 0.939 bits per heavy atom. The lowest BCUT2D eigenvalue weighted by molar-refractivity contribution is -0.137. The van der Waals surface area contributed by atoms with Gasteiger partial charge in [-0.3, -0.25) is 0 Å². The van der Waals surface area contributed by atoms with Gasteiger partial charge in [0.2, 0.25) is 10.0 Å². The van der Waals surface area contributed by atoms with Crippen LogP contribution in [0.3, 0.4) is 0 Å². The Hall–Kier alpha value is -1.81. The summed E-state index contributed by atoms with van der Waals surface area (Å²) in [5, 5.41) is 6.32. The van der Waals surface area contributed by atoms with Crippen molar-refractivity contribution >= 4 is 16.1 Å². The molecule has 5 aliphatic rings. The summed E-state index contributed by atoms with van der Waals surface area (Å²) in [6.45, 7) is 0.428. The summed E-state index contributed by atoms with van der Waals surface area (Å²) in [6.07, 6.45) is 3.52. The Labute approximate surface area is 192 Å². The fraction of sp³-hybridized carbons (Fsp3) is 0.696. The second-order valence-electron chi connectivity index (χ2n) is 10.5. The van der Waals surface area contributed by atoms with Crippen molar-refractivity contribution in [2.75, 3.05) is 13.1 Å². The van der Waals surface area contributed by atoms with Crippen molar-refractivity contribution in [3.05, 3.63) is 29.8 Å². The van der Waals surface area contributed by atoms with Crippen LogP contribution in [0.15, 0.2) is 29.2 Å². The van der Waals surface area contributed by atoms with E-state index in [-0.39, 0.29) is 35.6 Å². The fourth-order valence-electron chi connectivity index (χ4n) is 6.93. The number of benzene rings is 1. The Morgan fingerprint density at radius 2 is 1.45 bits per heavy atom. The van der Waals surface area contributed by atoms with Gasteiger partial charge >= 0.3 is 12.2 Å². The Bertz CT molecular complexity index is 967. The molecule has 1 aromatic rings. The third-order valence-electron chi connectivity index (χ3n) is 8.03. The molecule has 0 unspecified atom stereocenters. The molecule has 0 atom stereocenters. The van der Waals surface area contributed by atoms with Crippen molar-refractivity contribution in [1.82, 2.24) is 14.9 Å². The number of piperidine rings is 1.